The van der Waals surface area contributed by atoms with E-state index in [9.17, 15) is 0 Å². The molecule has 0 aromatic rings. The lowest BCUT2D eigenvalue weighted by Gasteiger charge is -2.38. The van der Waals surface area contributed by atoms with Crippen LogP contribution in [0.2, 0.25) is 0 Å². The van der Waals surface area contributed by atoms with Crippen LogP contribution in [0.1, 0.15) is 60.3 Å². The minimum absolute atomic E-state index is 0.263. The highest BCUT2D eigenvalue weighted by Crippen LogP contribution is 2.23. The third kappa shape index (κ3) is 5.87. The molecule has 2 nitrogen and oxygen atoms in total. The van der Waals surface area contributed by atoms with E-state index in [1.54, 1.807) is 0 Å². The van der Waals surface area contributed by atoms with Gasteiger partial charge in [0.05, 0.1) is 0 Å². The van der Waals surface area contributed by atoms with E-state index >= 15 is 0 Å². The Morgan fingerprint density at radius 2 is 1.94 bits per heavy atom. The Kier molecular flexibility index (Phi) is 5.94. The zero-order chi connectivity index (χ0) is 12.9. The normalized spacial score (nSPS) is 27.4. The topological polar surface area (TPSA) is 15.3 Å². The average molecular weight is 240 g/mol. The molecule has 1 aliphatic rings. The molecule has 2 heteroatoms. The van der Waals surface area contributed by atoms with E-state index in [1.165, 1.54) is 38.8 Å². The number of hydrogen-bond donors (Lipinski definition) is 1. The number of rotatable bonds is 5. The summed E-state index contributed by atoms with van der Waals surface area (Å²) in [5, 5.41) is 3.57. The Balaban J connectivity index is 2.20. The summed E-state index contributed by atoms with van der Waals surface area (Å²) in [6.45, 7) is 15.2. The van der Waals surface area contributed by atoms with Crippen molar-refractivity contribution in [2.45, 2.75) is 71.9 Å². The molecule has 1 heterocycles. The predicted molar refractivity (Wildman–Crippen MR) is 76.4 cm³/mol. The van der Waals surface area contributed by atoms with Gasteiger partial charge in [0.15, 0.2) is 0 Å². The summed E-state index contributed by atoms with van der Waals surface area (Å²) in [6, 6.07) is 0.799. The molecule has 17 heavy (non-hydrogen) atoms. The van der Waals surface area contributed by atoms with Crippen molar-refractivity contribution in [2.75, 3.05) is 19.6 Å². The second-order valence-electron chi connectivity index (χ2n) is 6.73. The molecule has 1 saturated heterocycles. The predicted octanol–water partition coefficient (Wildman–Crippen LogP) is 3.28. The van der Waals surface area contributed by atoms with Gasteiger partial charge in [0.25, 0.3) is 0 Å². The van der Waals surface area contributed by atoms with E-state index in [0.717, 1.165) is 18.5 Å². The van der Waals surface area contributed by atoms with Gasteiger partial charge in [-0.2, -0.15) is 0 Å². The molecule has 0 saturated carbocycles. The third-order valence-corrected chi connectivity index (χ3v) is 3.96. The van der Waals surface area contributed by atoms with Gasteiger partial charge < -0.3 is 10.2 Å². The Bertz CT molecular complexity index is 207. The standard InChI is InChI=1S/C15H32N2/c1-6-14-9-8-13(2)17(12-14)11-7-10-16-15(3,4)5/h13-14,16H,6-12H2,1-5H3. The lowest BCUT2D eigenvalue weighted by molar-refractivity contribution is 0.114. The third-order valence-electron chi connectivity index (χ3n) is 3.96. The fraction of sp³-hybridized carbons (Fsp3) is 1.00. The quantitative estimate of drug-likeness (QED) is 0.742. The summed E-state index contributed by atoms with van der Waals surface area (Å²) in [5.41, 5.74) is 0.263. The first kappa shape index (κ1) is 15.0. The second kappa shape index (κ2) is 6.75. The lowest BCUT2D eigenvalue weighted by atomic mass is 9.91. The Morgan fingerprint density at radius 3 is 2.53 bits per heavy atom. The van der Waals surface area contributed by atoms with Crippen molar-refractivity contribution in [3.63, 3.8) is 0 Å². The van der Waals surface area contributed by atoms with Gasteiger partial charge in [0.1, 0.15) is 0 Å². The van der Waals surface area contributed by atoms with Crippen LogP contribution in [0.3, 0.4) is 0 Å². The van der Waals surface area contributed by atoms with Gasteiger partial charge in [-0.1, -0.05) is 13.3 Å². The number of nitrogens with zero attached hydrogens (tertiary/aromatic N) is 1. The SMILES string of the molecule is CCC1CCC(C)N(CCCNC(C)(C)C)C1. The molecular weight excluding hydrogens is 208 g/mol. The van der Waals surface area contributed by atoms with Gasteiger partial charge in [0, 0.05) is 18.1 Å². The number of piperidine rings is 1. The highest BCUT2D eigenvalue weighted by Gasteiger charge is 2.23. The Hall–Kier alpha value is -0.0800. The summed E-state index contributed by atoms with van der Waals surface area (Å²) in [7, 11) is 0. The van der Waals surface area contributed by atoms with Crippen molar-refractivity contribution >= 4 is 0 Å². The maximum Gasteiger partial charge on any atom is 0.00965 e. The minimum Gasteiger partial charge on any atom is -0.312 e. The van der Waals surface area contributed by atoms with Crippen LogP contribution in [0.15, 0.2) is 0 Å². The van der Waals surface area contributed by atoms with E-state index in [0.29, 0.717) is 0 Å². The van der Waals surface area contributed by atoms with Crippen LogP contribution in [0.25, 0.3) is 0 Å². The second-order valence-corrected chi connectivity index (χ2v) is 6.73. The zero-order valence-corrected chi connectivity index (χ0v) is 12.6. The summed E-state index contributed by atoms with van der Waals surface area (Å²) in [4.78, 5) is 2.70. The zero-order valence-electron chi connectivity index (χ0n) is 12.6. The van der Waals surface area contributed by atoms with Crippen LogP contribution in [0.5, 0.6) is 0 Å². The van der Waals surface area contributed by atoms with Crippen LogP contribution in [-0.2, 0) is 0 Å². The first-order valence-electron chi connectivity index (χ1n) is 7.41. The highest BCUT2D eigenvalue weighted by molar-refractivity contribution is 4.79. The van der Waals surface area contributed by atoms with E-state index in [1.807, 2.05) is 0 Å². The first-order valence-corrected chi connectivity index (χ1v) is 7.41. The van der Waals surface area contributed by atoms with Crippen LogP contribution >= 0.6 is 0 Å². The van der Waals surface area contributed by atoms with Gasteiger partial charge in [-0.3, -0.25) is 0 Å². The number of nitrogens with one attached hydrogen (secondary N) is 1. The molecule has 0 amide bonds. The van der Waals surface area contributed by atoms with E-state index in [2.05, 4.69) is 44.8 Å². The smallest absolute Gasteiger partial charge is 0.00965 e. The molecule has 0 aromatic heterocycles. The molecule has 0 radical (unpaired) electrons. The van der Waals surface area contributed by atoms with Crippen LogP contribution in [0.4, 0.5) is 0 Å². The lowest BCUT2D eigenvalue weighted by Crippen LogP contribution is -2.43. The average Bonchev–Trinajstić information content (AvgIpc) is 2.25. The van der Waals surface area contributed by atoms with Crippen molar-refractivity contribution in [1.29, 1.82) is 0 Å². The highest BCUT2D eigenvalue weighted by atomic mass is 15.2. The van der Waals surface area contributed by atoms with Crippen LogP contribution in [-0.4, -0.2) is 36.1 Å². The fourth-order valence-corrected chi connectivity index (χ4v) is 2.65. The molecule has 1 rings (SSSR count). The van der Waals surface area contributed by atoms with Crippen molar-refractivity contribution in [2.24, 2.45) is 5.92 Å². The molecule has 1 fully saturated rings. The molecule has 102 valence electrons. The maximum atomic E-state index is 3.57. The van der Waals surface area contributed by atoms with E-state index < -0.39 is 0 Å². The molecule has 0 spiro atoms. The summed E-state index contributed by atoms with van der Waals surface area (Å²) in [6.07, 6.45) is 5.46. The molecule has 1 aliphatic heterocycles. The maximum absolute atomic E-state index is 3.57. The largest absolute Gasteiger partial charge is 0.312 e. The van der Waals surface area contributed by atoms with Crippen LogP contribution < -0.4 is 5.32 Å². The van der Waals surface area contributed by atoms with Crippen molar-refractivity contribution < 1.29 is 0 Å². The summed E-state index contributed by atoms with van der Waals surface area (Å²) in [5.74, 6) is 0.946. The van der Waals surface area contributed by atoms with Gasteiger partial charge in [-0.05, 0) is 66.0 Å². The van der Waals surface area contributed by atoms with Gasteiger partial charge in [0.2, 0.25) is 0 Å². The van der Waals surface area contributed by atoms with Gasteiger partial charge >= 0.3 is 0 Å². The summed E-state index contributed by atoms with van der Waals surface area (Å²) < 4.78 is 0. The Labute approximate surface area is 108 Å². The molecule has 2 unspecified atom stereocenters. The Morgan fingerprint density at radius 1 is 1.24 bits per heavy atom. The molecule has 0 aromatic carbocycles. The van der Waals surface area contributed by atoms with E-state index in [-0.39, 0.29) is 5.54 Å². The number of likely N-dealkylation sites (tertiary alicyclic amines) is 1. The molecule has 0 aliphatic carbocycles. The number of hydrogen-bond acceptors (Lipinski definition) is 2. The van der Waals surface area contributed by atoms with Crippen LogP contribution in [0, 0.1) is 5.92 Å². The fourth-order valence-electron chi connectivity index (χ4n) is 2.65. The molecule has 1 N–H and O–H groups in total. The molecular formula is C15H32N2. The summed E-state index contributed by atoms with van der Waals surface area (Å²) >= 11 is 0. The van der Waals surface area contributed by atoms with Gasteiger partial charge in [-0.15, -0.1) is 0 Å². The molecule has 0 bridgehead atoms. The molecule has 2 atom stereocenters. The van der Waals surface area contributed by atoms with Crippen molar-refractivity contribution in [1.82, 2.24) is 10.2 Å². The minimum atomic E-state index is 0.263. The van der Waals surface area contributed by atoms with Gasteiger partial charge in [-0.25, -0.2) is 0 Å². The van der Waals surface area contributed by atoms with Crippen molar-refractivity contribution in [3.8, 4) is 0 Å². The first-order chi connectivity index (χ1) is 7.92. The van der Waals surface area contributed by atoms with Crippen molar-refractivity contribution in [3.05, 3.63) is 0 Å². The monoisotopic (exact) mass is 240 g/mol. The van der Waals surface area contributed by atoms with E-state index in [4.69, 9.17) is 0 Å².